The summed E-state index contributed by atoms with van der Waals surface area (Å²) in [6.45, 7) is 5.80. The summed E-state index contributed by atoms with van der Waals surface area (Å²) in [7, 11) is 1.87. The molecule has 3 aromatic rings. The van der Waals surface area contributed by atoms with E-state index >= 15 is 0 Å². The van der Waals surface area contributed by atoms with E-state index in [1.54, 1.807) is 6.07 Å². The van der Waals surface area contributed by atoms with Gasteiger partial charge in [0.15, 0.2) is 17.1 Å². The van der Waals surface area contributed by atoms with Gasteiger partial charge in [0.25, 0.3) is 0 Å². The van der Waals surface area contributed by atoms with Crippen LogP contribution in [0.1, 0.15) is 30.0 Å². The number of amides is 1. The van der Waals surface area contributed by atoms with Crippen LogP contribution in [0.2, 0.25) is 5.02 Å². The number of nitrogens with one attached hydrogen (secondary N) is 1. The number of halogens is 1. The number of anilines is 1. The van der Waals surface area contributed by atoms with E-state index < -0.39 is 0 Å². The van der Waals surface area contributed by atoms with Crippen LogP contribution in [0.3, 0.4) is 0 Å². The summed E-state index contributed by atoms with van der Waals surface area (Å²) in [5.41, 5.74) is 2.61. The van der Waals surface area contributed by atoms with Crippen molar-refractivity contribution < 1.29 is 9.53 Å². The minimum atomic E-state index is -0.272. The quantitative estimate of drug-likeness (QED) is 0.536. The average Bonchev–Trinajstić information content (AvgIpc) is 3.06. The highest BCUT2D eigenvalue weighted by molar-refractivity contribution is 7.99. The zero-order valence-electron chi connectivity index (χ0n) is 16.8. The molecule has 1 N–H and O–H groups in total. The van der Waals surface area contributed by atoms with Gasteiger partial charge in [-0.15, -0.1) is 10.2 Å². The van der Waals surface area contributed by atoms with E-state index in [4.69, 9.17) is 16.3 Å². The van der Waals surface area contributed by atoms with E-state index in [0.717, 1.165) is 16.9 Å². The third-order valence-corrected chi connectivity index (χ3v) is 5.93. The number of rotatable bonds is 7. The SMILES string of the molecule is Cc1ccccc1OC(C)c1nnc(SCC(=O)Nc2cccc(Cl)c2C)n1C. The van der Waals surface area contributed by atoms with Crippen molar-refractivity contribution in [1.82, 2.24) is 14.8 Å². The van der Waals surface area contributed by atoms with Crippen LogP contribution in [0.15, 0.2) is 47.6 Å². The van der Waals surface area contributed by atoms with Crippen molar-refractivity contribution in [3.8, 4) is 5.75 Å². The van der Waals surface area contributed by atoms with Gasteiger partial charge in [-0.1, -0.05) is 47.6 Å². The Balaban J connectivity index is 1.61. The van der Waals surface area contributed by atoms with Gasteiger partial charge in [0, 0.05) is 17.8 Å². The highest BCUT2D eigenvalue weighted by Crippen LogP contribution is 2.26. The molecule has 1 aromatic heterocycles. The Morgan fingerprint density at radius 3 is 2.72 bits per heavy atom. The molecular weight excluding hydrogens is 408 g/mol. The Labute approximate surface area is 179 Å². The Morgan fingerprint density at radius 1 is 1.21 bits per heavy atom. The van der Waals surface area contributed by atoms with Gasteiger partial charge in [0.2, 0.25) is 5.91 Å². The molecule has 1 atom stereocenters. The second kappa shape index (κ2) is 9.33. The van der Waals surface area contributed by atoms with Crippen LogP contribution >= 0.6 is 23.4 Å². The number of hydrogen-bond donors (Lipinski definition) is 1. The van der Waals surface area contributed by atoms with Crippen molar-refractivity contribution in [1.29, 1.82) is 0 Å². The van der Waals surface area contributed by atoms with Crippen molar-refractivity contribution >= 4 is 35.0 Å². The summed E-state index contributed by atoms with van der Waals surface area (Å²) in [5, 5.41) is 12.6. The number of carbonyl (C=O) groups is 1. The van der Waals surface area contributed by atoms with E-state index in [0.29, 0.717) is 21.7 Å². The number of para-hydroxylation sites is 1. The van der Waals surface area contributed by atoms with Crippen LogP contribution in [-0.4, -0.2) is 26.4 Å². The molecule has 152 valence electrons. The topological polar surface area (TPSA) is 69.0 Å². The summed E-state index contributed by atoms with van der Waals surface area (Å²) in [4.78, 5) is 12.3. The molecule has 0 aliphatic heterocycles. The number of benzene rings is 2. The van der Waals surface area contributed by atoms with Gasteiger partial charge in [-0.05, 0) is 50.1 Å². The molecule has 6 nitrogen and oxygen atoms in total. The fourth-order valence-corrected chi connectivity index (χ4v) is 3.69. The van der Waals surface area contributed by atoms with Gasteiger partial charge in [-0.25, -0.2) is 0 Å². The molecule has 1 unspecified atom stereocenters. The minimum absolute atomic E-state index is 0.130. The van der Waals surface area contributed by atoms with Crippen LogP contribution in [-0.2, 0) is 11.8 Å². The third kappa shape index (κ3) is 5.10. The highest BCUT2D eigenvalue weighted by Gasteiger charge is 2.18. The number of nitrogens with zero attached hydrogens (tertiary/aromatic N) is 3. The molecule has 0 saturated heterocycles. The second-order valence-electron chi connectivity index (χ2n) is 6.67. The lowest BCUT2D eigenvalue weighted by atomic mass is 10.2. The fraction of sp³-hybridized carbons (Fsp3) is 0.286. The van der Waals surface area contributed by atoms with Crippen LogP contribution in [0.4, 0.5) is 5.69 Å². The van der Waals surface area contributed by atoms with E-state index in [2.05, 4.69) is 15.5 Å². The van der Waals surface area contributed by atoms with Gasteiger partial charge in [0.05, 0.1) is 5.75 Å². The number of aromatic nitrogens is 3. The summed E-state index contributed by atoms with van der Waals surface area (Å²) >= 11 is 7.42. The zero-order chi connectivity index (χ0) is 21.0. The molecule has 1 amide bonds. The molecule has 0 bridgehead atoms. The molecule has 3 rings (SSSR count). The Hall–Kier alpha value is -2.51. The Bertz CT molecular complexity index is 1020. The summed E-state index contributed by atoms with van der Waals surface area (Å²) in [6.07, 6.45) is -0.272. The summed E-state index contributed by atoms with van der Waals surface area (Å²) in [5.74, 6) is 1.59. The van der Waals surface area contributed by atoms with Gasteiger partial charge in [-0.3, -0.25) is 4.79 Å². The van der Waals surface area contributed by atoms with E-state index in [-0.39, 0.29) is 17.8 Å². The van der Waals surface area contributed by atoms with Crippen LogP contribution < -0.4 is 10.1 Å². The van der Waals surface area contributed by atoms with Crippen molar-refractivity contribution in [3.05, 3.63) is 64.4 Å². The molecular formula is C21H23ClN4O2S. The molecule has 2 aromatic carbocycles. The van der Waals surface area contributed by atoms with Gasteiger partial charge < -0.3 is 14.6 Å². The van der Waals surface area contributed by atoms with Gasteiger partial charge in [-0.2, -0.15) is 0 Å². The molecule has 0 radical (unpaired) electrons. The van der Waals surface area contributed by atoms with Gasteiger partial charge in [0.1, 0.15) is 5.75 Å². The second-order valence-corrected chi connectivity index (χ2v) is 8.02. The molecule has 8 heteroatoms. The number of hydrogen-bond acceptors (Lipinski definition) is 5. The van der Waals surface area contributed by atoms with Crippen LogP contribution in [0, 0.1) is 13.8 Å². The fourth-order valence-electron chi connectivity index (χ4n) is 2.80. The predicted octanol–water partition coefficient (Wildman–Crippen LogP) is 4.96. The Kier molecular flexibility index (Phi) is 6.82. The molecule has 1 heterocycles. The minimum Gasteiger partial charge on any atom is -0.482 e. The first-order valence-electron chi connectivity index (χ1n) is 9.16. The summed E-state index contributed by atoms with van der Waals surface area (Å²) in [6, 6.07) is 13.3. The number of carbonyl (C=O) groups excluding carboxylic acids is 1. The first-order chi connectivity index (χ1) is 13.9. The highest BCUT2D eigenvalue weighted by atomic mass is 35.5. The molecule has 0 saturated carbocycles. The van der Waals surface area contributed by atoms with Crippen LogP contribution in [0.5, 0.6) is 5.75 Å². The smallest absolute Gasteiger partial charge is 0.234 e. The van der Waals surface area contributed by atoms with E-state index in [1.807, 2.05) is 68.8 Å². The normalized spacial score (nSPS) is 11.9. The maximum absolute atomic E-state index is 12.3. The number of thioether (sulfide) groups is 1. The number of aryl methyl sites for hydroxylation is 1. The van der Waals surface area contributed by atoms with E-state index in [1.165, 1.54) is 11.8 Å². The van der Waals surface area contributed by atoms with E-state index in [9.17, 15) is 4.79 Å². The Morgan fingerprint density at radius 2 is 1.97 bits per heavy atom. The first-order valence-corrected chi connectivity index (χ1v) is 10.5. The van der Waals surface area contributed by atoms with Crippen LogP contribution in [0.25, 0.3) is 0 Å². The lowest BCUT2D eigenvalue weighted by molar-refractivity contribution is -0.113. The number of ether oxygens (including phenoxy) is 1. The summed E-state index contributed by atoms with van der Waals surface area (Å²) < 4.78 is 7.88. The lowest BCUT2D eigenvalue weighted by Gasteiger charge is -2.15. The monoisotopic (exact) mass is 430 g/mol. The van der Waals surface area contributed by atoms with Crippen molar-refractivity contribution in [3.63, 3.8) is 0 Å². The van der Waals surface area contributed by atoms with Crippen molar-refractivity contribution in [2.24, 2.45) is 7.05 Å². The molecule has 0 aliphatic rings. The third-order valence-electron chi connectivity index (χ3n) is 4.50. The maximum Gasteiger partial charge on any atom is 0.234 e. The largest absolute Gasteiger partial charge is 0.482 e. The zero-order valence-corrected chi connectivity index (χ0v) is 18.3. The standard InChI is InChI=1S/C21H23ClN4O2S/c1-13-8-5-6-11-18(13)28-15(3)20-24-25-21(26(20)4)29-12-19(27)23-17-10-7-9-16(22)14(17)2/h5-11,15H,12H2,1-4H3,(H,23,27). The lowest BCUT2D eigenvalue weighted by Crippen LogP contribution is -2.15. The maximum atomic E-state index is 12.3. The first kappa shape index (κ1) is 21.2. The average molecular weight is 431 g/mol. The molecule has 0 fully saturated rings. The van der Waals surface area contributed by atoms with Crippen molar-refractivity contribution in [2.45, 2.75) is 32.0 Å². The molecule has 0 aliphatic carbocycles. The van der Waals surface area contributed by atoms with Crippen molar-refractivity contribution in [2.75, 3.05) is 11.1 Å². The predicted molar refractivity (Wildman–Crippen MR) is 117 cm³/mol. The molecule has 0 spiro atoms. The molecule has 29 heavy (non-hydrogen) atoms. The van der Waals surface area contributed by atoms with Gasteiger partial charge >= 0.3 is 0 Å².